The second-order valence-electron chi connectivity index (χ2n) is 5.29. The van der Waals surface area contributed by atoms with Crippen molar-refractivity contribution < 1.29 is 19.1 Å². The molecule has 0 spiro atoms. The molecule has 2 rings (SSSR count). The first-order valence-corrected chi connectivity index (χ1v) is 7.15. The lowest BCUT2D eigenvalue weighted by Gasteiger charge is -2.20. The Bertz CT molecular complexity index is 682. The average Bonchev–Trinajstić information content (AvgIpc) is 2.91. The van der Waals surface area contributed by atoms with Crippen molar-refractivity contribution in [3.63, 3.8) is 0 Å². The molecule has 0 aliphatic rings. The number of hydrogen-bond acceptors (Lipinski definition) is 3. The number of hydrogen-bond donors (Lipinski definition) is 1. The number of aromatic nitrogens is 2. The van der Waals surface area contributed by atoms with Crippen LogP contribution in [-0.2, 0) is 29.6 Å². The van der Waals surface area contributed by atoms with Crippen LogP contribution in [-0.4, -0.2) is 38.2 Å². The number of halogens is 1. The number of nitrogens with zero attached hydrogens (tertiary/aromatic N) is 3. The van der Waals surface area contributed by atoms with Crippen LogP contribution >= 0.6 is 0 Å². The van der Waals surface area contributed by atoms with Gasteiger partial charge in [0.25, 0.3) is 0 Å². The van der Waals surface area contributed by atoms with E-state index in [-0.39, 0.29) is 31.2 Å². The fraction of sp³-hybridized carbons (Fsp3) is 0.312. The molecule has 1 N–H and O–H groups in total. The smallest absolute Gasteiger partial charge is 0.323 e. The zero-order valence-corrected chi connectivity index (χ0v) is 12.8. The van der Waals surface area contributed by atoms with E-state index in [0.29, 0.717) is 12.0 Å². The first-order chi connectivity index (χ1) is 10.9. The number of carbonyl (C=O) groups is 2. The van der Waals surface area contributed by atoms with E-state index in [2.05, 4.69) is 5.10 Å². The summed E-state index contributed by atoms with van der Waals surface area (Å²) in [6.07, 6.45) is 4.18. The topological polar surface area (TPSA) is 75.4 Å². The van der Waals surface area contributed by atoms with E-state index in [1.54, 1.807) is 30.1 Å². The summed E-state index contributed by atoms with van der Waals surface area (Å²) in [7, 11) is 1.79. The Kier molecular flexibility index (Phi) is 5.46. The summed E-state index contributed by atoms with van der Waals surface area (Å²) in [4.78, 5) is 24.5. The molecule has 1 heterocycles. The first-order valence-electron chi connectivity index (χ1n) is 7.15. The molecular weight excluding hydrogens is 301 g/mol. The summed E-state index contributed by atoms with van der Waals surface area (Å²) in [6.45, 7) is -0.248. The van der Waals surface area contributed by atoms with Gasteiger partial charge >= 0.3 is 5.97 Å². The molecular formula is C16H18FN3O3. The highest BCUT2D eigenvalue weighted by Gasteiger charge is 2.17. The van der Waals surface area contributed by atoms with Crippen molar-refractivity contribution in [2.24, 2.45) is 7.05 Å². The van der Waals surface area contributed by atoms with Gasteiger partial charge in [0.1, 0.15) is 12.4 Å². The van der Waals surface area contributed by atoms with Crippen molar-refractivity contribution in [1.82, 2.24) is 14.7 Å². The first kappa shape index (κ1) is 16.7. The minimum Gasteiger partial charge on any atom is -0.480 e. The van der Waals surface area contributed by atoms with Crippen LogP contribution in [0.1, 0.15) is 17.5 Å². The lowest BCUT2D eigenvalue weighted by atomic mass is 10.1. The molecule has 0 saturated heterocycles. The minimum absolute atomic E-state index is 0.137. The highest BCUT2D eigenvalue weighted by Crippen LogP contribution is 2.10. The summed E-state index contributed by atoms with van der Waals surface area (Å²) < 4.78 is 14.6. The molecule has 6 nitrogen and oxygen atoms in total. The fourth-order valence-corrected chi connectivity index (χ4v) is 2.22. The zero-order valence-electron chi connectivity index (χ0n) is 12.8. The van der Waals surface area contributed by atoms with Crippen LogP contribution in [0, 0.1) is 5.82 Å². The third kappa shape index (κ3) is 5.21. The number of carboxylic acids is 1. The van der Waals surface area contributed by atoms with Crippen molar-refractivity contribution in [2.75, 3.05) is 6.54 Å². The van der Waals surface area contributed by atoms with Gasteiger partial charge in [0, 0.05) is 26.2 Å². The van der Waals surface area contributed by atoms with E-state index in [9.17, 15) is 14.0 Å². The van der Waals surface area contributed by atoms with Crippen molar-refractivity contribution >= 4 is 11.9 Å². The number of carboxylic acid groups (broad SMARTS) is 1. The molecule has 0 fully saturated rings. The maximum absolute atomic E-state index is 12.9. The maximum atomic E-state index is 12.9. The molecule has 2 aromatic rings. The van der Waals surface area contributed by atoms with Crippen LogP contribution in [0.4, 0.5) is 4.39 Å². The van der Waals surface area contributed by atoms with E-state index >= 15 is 0 Å². The monoisotopic (exact) mass is 319 g/mol. The fourth-order valence-electron chi connectivity index (χ4n) is 2.22. The Morgan fingerprint density at radius 1 is 1.26 bits per heavy atom. The number of benzene rings is 1. The number of amides is 1. The summed E-state index contributed by atoms with van der Waals surface area (Å²) in [5.41, 5.74) is 1.60. The van der Waals surface area contributed by atoms with Gasteiger partial charge in [-0.15, -0.1) is 0 Å². The van der Waals surface area contributed by atoms with Crippen molar-refractivity contribution in [3.05, 3.63) is 53.6 Å². The SMILES string of the molecule is Cn1cc(CCC(=O)N(CC(=O)O)Cc2ccc(F)cc2)cn1. The second kappa shape index (κ2) is 7.53. The van der Waals surface area contributed by atoms with Gasteiger partial charge in [0.2, 0.25) is 5.91 Å². The van der Waals surface area contributed by atoms with Gasteiger partial charge in [-0.3, -0.25) is 14.3 Å². The molecule has 1 aromatic carbocycles. The van der Waals surface area contributed by atoms with E-state index < -0.39 is 5.97 Å². The lowest BCUT2D eigenvalue weighted by Crippen LogP contribution is -2.35. The highest BCUT2D eigenvalue weighted by atomic mass is 19.1. The van der Waals surface area contributed by atoms with Crippen LogP contribution < -0.4 is 0 Å². The molecule has 1 aromatic heterocycles. The largest absolute Gasteiger partial charge is 0.480 e. The molecule has 122 valence electrons. The molecule has 0 bridgehead atoms. The molecule has 0 atom stereocenters. The Morgan fingerprint density at radius 3 is 2.52 bits per heavy atom. The van der Waals surface area contributed by atoms with Crippen molar-refractivity contribution in [3.8, 4) is 0 Å². The highest BCUT2D eigenvalue weighted by molar-refractivity contribution is 5.81. The zero-order chi connectivity index (χ0) is 16.8. The van der Waals surface area contributed by atoms with E-state index in [4.69, 9.17) is 5.11 Å². The van der Waals surface area contributed by atoms with Gasteiger partial charge in [0.05, 0.1) is 6.20 Å². The maximum Gasteiger partial charge on any atom is 0.323 e. The molecule has 7 heteroatoms. The third-order valence-corrected chi connectivity index (χ3v) is 3.35. The third-order valence-electron chi connectivity index (χ3n) is 3.35. The van der Waals surface area contributed by atoms with Crippen molar-refractivity contribution in [2.45, 2.75) is 19.4 Å². The Morgan fingerprint density at radius 2 is 1.96 bits per heavy atom. The van der Waals surface area contributed by atoms with Crippen LogP contribution in [0.5, 0.6) is 0 Å². The number of aryl methyl sites for hydroxylation is 2. The number of rotatable bonds is 7. The van der Waals surface area contributed by atoms with Gasteiger partial charge < -0.3 is 10.0 Å². The quantitative estimate of drug-likeness (QED) is 0.841. The molecule has 0 unspecified atom stereocenters. The van der Waals surface area contributed by atoms with Gasteiger partial charge in [-0.2, -0.15) is 5.10 Å². The Balaban J connectivity index is 1.99. The van der Waals surface area contributed by atoms with Gasteiger partial charge in [-0.1, -0.05) is 12.1 Å². The predicted molar refractivity (Wildman–Crippen MR) is 81.0 cm³/mol. The molecule has 0 saturated carbocycles. The second-order valence-corrected chi connectivity index (χ2v) is 5.29. The van der Waals surface area contributed by atoms with E-state index in [1.165, 1.54) is 17.0 Å². The van der Waals surface area contributed by atoms with Crippen molar-refractivity contribution in [1.29, 1.82) is 0 Å². The lowest BCUT2D eigenvalue weighted by molar-refractivity contribution is -0.144. The van der Waals surface area contributed by atoms with Gasteiger partial charge in [0.15, 0.2) is 0 Å². The number of aliphatic carboxylic acids is 1. The van der Waals surface area contributed by atoms with Gasteiger partial charge in [-0.05, 0) is 29.7 Å². The van der Waals surface area contributed by atoms with Crippen LogP contribution in [0.25, 0.3) is 0 Å². The summed E-state index contributed by atoms with van der Waals surface area (Å²) in [5, 5.41) is 13.0. The molecule has 0 aliphatic heterocycles. The summed E-state index contributed by atoms with van der Waals surface area (Å²) in [6, 6.07) is 5.65. The normalized spacial score (nSPS) is 10.5. The molecule has 1 amide bonds. The van der Waals surface area contributed by atoms with Crippen LogP contribution in [0.2, 0.25) is 0 Å². The predicted octanol–water partition coefficient (Wildman–Crippen LogP) is 1.61. The Labute approximate surface area is 133 Å². The van der Waals surface area contributed by atoms with Crippen LogP contribution in [0.15, 0.2) is 36.7 Å². The van der Waals surface area contributed by atoms with E-state index in [0.717, 1.165) is 5.56 Å². The number of carbonyl (C=O) groups excluding carboxylic acids is 1. The standard InChI is InChI=1S/C16H18FN3O3/c1-19-9-13(8-18-19)4-7-15(21)20(11-16(22)23)10-12-2-5-14(17)6-3-12/h2-3,5-6,8-9H,4,7,10-11H2,1H3,(H,22,23). The molecule has 0 aliphatic carbocycles. The van der Waals surface area contributed by atoms with Crippen LogP contribution in [0.3, 0.4) is 0 Å². The Hall–Kier alpha value is -2.70. The molecule has 0 radical (unpaired) electrons. The molecule has 23 heavy (non-hydrogen) atoms. The average molecular weight is 319 g/mol. The van der Waals surface area contributed by atoms with E-state index in [1.807, 2.05) is 6.20 Å². The van der Waals surface area contributed by atoms with Gasteiger partial charge in [-0.25, -0.2) is 4.39 Å². The summed E-state index contributed by atoms with van der Waals surface area (Å²) in [5.74, 6) is -1.72. The summed E-state index contributed by atoms with van der Waals surface area (Å²) >= 11 is 0. The minimum atomic E-state index is -1.08.